The molecule has 3 N–H and O–H groups in total. The first-order chi connectivity index (χ1) is 12.7. The van der Waals surface area contributed by atoms with Gasteiger partial charge in [-0.3, -0.25) is 4.79 Å². The summed E-state index contributed by atoms with van der Waals surface area (Å²) in [5, 5.41) is 2.81. The number of aromatic nitrogens is 2. The third-order valence-electron chi connectivity index (χ3n) is 3.95. The SMILES string of the molecule is COC(CN)CC(=O)Nc1ccc(OCc2cn3ccccc3n2)cc1. The highest BCUT2D eigenvalue weighted by molar-refractivity contribution is 5.91. The molecule has 136 valence electrons. The molecule has 0 aliphatic rings. The molecule has 0 radical (unpaired) electrons. The average Bonchev–Trinajstić information content (AvgIpc) is 3.08. The predicted molar refractivity (Wildman–Crippen MR) is 99.1 cm³/mol. The highest BCUT2D eigenvalue weighted by Gasteiger charge is 2.11. The largest absolute Gasteiger partial charge is 0.487 e. The minimum absolute atomic E-state index is 0.138. The first-order valence-corrected chi connectivity index (χ1v) is 8.36. The third-order valence-corrected chi connectivity index (χ3v) is 3.95. The molecule has 1 aromatic carbocycles. The summed E-state index contributed by atoms with van der Waals surface area (Å²) in [5.74, 6) is 0.567. The van der Waals surface area contributed by atoms with Crippen LogP contribution in [0.1, 0.15) is 12.1 Å². The van der Waals surface area contributed by atoms with Crippen molar-refractivity contribution >= 4 is 17.2 Å². The molecule has 3 aromatic rings. The van der Waals surface area contributed by atoms with Gasteiger partial charge in [0.1, 0.15) is 18.0 Å². The van der Waals surface area contributed by atoms with Crippen LogP contribution in [0.2, 0.25) is 0 Å². The summed E-state index contributed by atoms with van der Waals surface area (Å²) in [5.41, 5.74) is 7.95. The van der Waals surface area contributed by atoms with Crippen LogP contribution in [0, 0.1) is 0 Å². The van der Waals surface area contributed by atoms with Crippen LogP contribution in [0.4, 0.5) is 5.69 Å². The number of ether oxygens (including phenoxy) is 2. The van der Waals surface area contributed by atoms with Crippen molar-refractivity contribution in [2.45, 2.75) is 19.1 Å². The molecule has 2 heterocycles. The maximum absolute atomic E-state index is 11.9. The van der Waals surface area contributed by atoms with E-state index in [0.717, 1.165) is 11.3 Å². The molecule has 0 spiro atoms. The minimum Gasteiger partial charge on any atom is -0.487 e. The Morgan fingerprint density at radius 2 is 2.08 bits per heavy atom. The Hall–Kier alpha value is -2.90. The molecule has 0 fully saturated rings. The number of imidazole rings is 1. The fourth-order valence-corrected chi connectivity index (χ4v) is 2.53. The Morgan fingerprint density at radius 3 is 2.77 bits per heavy atom. The van der Waals surface area contributed by atoms with E-state index in [1.807, 2.05) is 47.1 Å². The van der Waals surface area contributed by atoms with Crippen molar-refractivity contribution in [3.8, 4) is 5.75 Å². The minimum atomic E-state index is -0.275. The van der Waals surface area contributed by atoms with E-state index in [4.69, 9.17) is 15.2 Å². The molecule has 7 heteroatoms. The van der Waals surface area contributed by atoms with Crippen molar-refractivity contribution in [2.75, 3.05) is 19.0 Å². The summed E-state index contributed by atoms with van der Waals surface area (Å²) in [4.78, 5) is 16.4. The van der Waals surface area contributed by atoms with E-state index >= 15 is 0 Å². The van der Waals surface area contributed by atoms with Crippen LogP contribution < -0.4 is 15.8 Å². The van der Waals surface area contributed by atoms with E-state index in [1.54, 1.807) is 19.2 Å². The summed E-state index contributed by atoms with van der Waals surface area (Å²) in [7, 11) is 1.54. The number of nitrogens with two attached hydrogens (primary N) is 1. The van der Waals surface area contributed by atoms with E-state index in [2.05, 4.69) is 10.3 Å². The molecule has 2 aromatic heterocycles. The second-order valence-corrected chi connectivity index (χ2v) is 5.86. The van der Waals surface area contributed by atoms with Crippen molar-refractivity contribution in [3.63, 3.8) is 0 Å². The predicted octanol–water partition coefficient (Wildman–Crippen LogP) is 2.22. The summed E-state index contributed by atoms with van der Waals surface area (Å²) in [6.45, 7) is 0.680. The van der Waals surface area contributed by atoms with Crippen LogP contribution in [-0.2, 0) is 16.1 Å². The van der Waals surface area contributed by atoms with Gasteiger partial charge < -0.3 is 24.9 Å². The fraction of sp³-hybridized carbons (Fsp3) is 0.263. The monoisotopic (exact) mass is 354 g/mol. The third kappa shape index (κ3) is 4.59. The van der Waals surface area contributed by atoms with E-state index in [9.17, 15) is 4.79 Å². The summed E-state index contributed by atoms with van der Waals surface area (Å²) < 4.78 is 12.8. The zero-order valence-corrected chi connectivity index (χ0v) is 14.6. The van der Waals surface area contributed by atoms with Crippen molar-refractivity contribution in [1.82, 2.24) is 9.38 Å². The lowest BCUT2D eigenvalue weighted by molar-refractivity contribution is -0.118. The van der Waals surface area contributed by atoms with Gasteiger partial charge in [0.2, 0.25) is 5.91 Å². The molecule has 0 saturated carbocycles. The summed E-state index contributed by atoms with van der Waals surface area (Å²) >= 11 is 0. The van der Waals surface area contributed by atoms with Crippen LogP contribution >= 0.6 is 0 Å². The van der Waals surface area contributed by atoms with Gasteiger partial charge in [0.05, 0.1) is 18.2 Å². The number of amides is 1. The van der Waals surface area contributed by atoms with Crippen molar-refractivity contribution < 1.29 is 14.3 Å². The number of fused-ring (bicyclic) bond motifs is 1. The van der Waals surface area contributed by atoms with Gasteiger partial charge in [-0.05, 0) is 36.4 Å². The van der Waals surface area contributed by atoms with Gasteiger partial charge in [0, 0.05) is 31.7 Å². The standard InChI is InChI=1S/C19H22N4O3/c1-25-17(11-20)10-19(24)22-14-5-7-16(8-6-14)26-13-15-12-23-9-3-2-4-18(23)21-15/h2-9,12,17H,10-11,13,20H2,1H3,(H,22,24). The first kappa shape index (κ1) is 17.9. The molecule has 0 bridgehead atoms. The number of benzene rings is 1. The number of hydrogen-bond donors (Lipinski definition) is 2. The van der Waals surface area contributed by atoms with Crippen molar-refractivity contribution in [1.29, 1.82) is 0 Å². The maximum Gasteiger partial charge on any atom is 0.227 e. The quantitative estimate of drug-likeness (QED) is 0.647. The van der Waals surface area contributed by atoms with Gasteiger partial charge in [-0.2, -0.15) is 0 Å². The molecular weight excluding hydrogens is 332 g/mol. The molecule has 1 amide bonds. The second kappa shape index (κ2) is 8.46. The normalized spacial score (nSPS) is 12.1. The Morgan fingerprint density at radius 1 is 1.27 bits per heavy atom. The van der Waals surface area contributed by atoms with E-state index < -0.39 is 0 Å². The highest BCUT2D eigenvalue weighted by atomic mass is 16.5. The molecule has 3 rings (SSSR count). The smallest absolute Gasteiger partial charge is 0.227 e. The number of nitrogens with zero attached hydrogens (tertiary/aromatic N) is 2. The fourth-order valence-electron chi connectivity index (χ4n) is 2.53. The number of methoxy groups -OCH3 is 1. The van der Waals surface area contributed by atoms with Crippen LogP contribution in [0.25, 0.3) is 5.65 Å². The molecule has 0 aliphatic heterocycles. The van der Waals surface area contributed by atoms with Gasteiger partial charge >= 0.3 is 0 Å². The number of pyridine rings is 1. The van der Waals surface area contributed by atoms with Crippen LogP contribution in [-0.4, -0.2) is 35.1 Å². The van der Waals surface area contributed by atoms with Gasteiger partial charge in [0.15, 0.2) is 0 Å². The Kier molecular flexibility index (Phi) is 5.83. The average molecular weight is 354 g/mol. The summed E-state index contributed by atoms with van der Waals surface area (Å²) in [6.07, 6.45) is 3.83. The zero-order chi connectivity index (χ0) is 18.4. The lowest BCUT2D eigenvalue weighted by Gasteiger charge is -2.12. The number of rotatable bonds is 8. The first-order valence-electron chi connectivity index (χ1n) is 8.36. The number of carbonyl (C=O) groups is 1. The van der Waals surface area contributed by atoms with E-state index in [1.165, 1.54) is 0 Å². The van der Waals surface area contributed by atoms with E-state index in [-0.39, 0.29) is 18.4 Å². The second-order valence-electron chi connectivity index (χ2n) is 5.86. The number of hydrogen-bond acceptors (Lipinski definition) is 5. The number of carbonyl (C=O) groups excluding carboxylic acids is 1. The molecular formula is C19H22N4O3. The lowest BCUT2D eigenvalue weighted by atomic mass is 10.2. The van der Waals surface area contributed by atoms with E-state index in [0.29, 0.717) is 24.6 Å². The molecule has 1 unspecified atom stereocenters. The number of nitrogens with one attached hydrogen (secondary N) is 1. The Bertz CT molecular complexity index is 824. The number of anilines is 1. The molecule has 26 heavy (non-hydrogen) atoms. The topological polar surface area (TPSA) is 90.9 Å². The van der Waals surface area contributed by atoms with Crippen LogP contribution in [0.15, 0.2) is 54.9 Å². The van der Waals surface area contributed by atoms with Gasteiger partial charge in [0.25, 0.3) is 0 Å². The maximum atomic E-state index is 11.9. The molecule has 0 aliphatic carbocycles. The van der Waals surface area contributed by atoms with Crippen molar-refractivity contribution in [3.05, 3.63) is 60.6 Å². The molecule has 0 saturated heterocycles. The Balaban J connectivity index is 1.53. The lowest BCUT2D eigenvalue weighted by Crippen LogP contribution is -2.28. The van der Waals surface area contributed by atoms with Crippen LogP contribution in [0.5, 0.6) is 5.75 Å². The zero-order valence-electron chi connectivity index (χ0n) is 14.6. The molecule has 7 nitrogen and oxygen atoms in total. The van der Waals surface area contributed by atoms with Gasteiger partial charge in [-0.25, -0.2) is 4.98 Å². The summed E-state index contributed by atoms with van der Waals surface area (Å²) in [6, 6.07) is 13.0. The Labute approximate surface area is 151 Å². The highest BCUT2D eigenvalue weighted by Crippen LogP contribution is 2.17. The van der Waals surface area contributed by atoms with Gasteiger partial charge in [-0.15, -0.1) is 0 Å². The van der Waals surface area contributed by atoms with Gasteiger partial charge in [-0.1, -0.05) is 6.07 Å². The van der Waals surface area contributed by atoms with Crippen molar-refractivity contribution in [2.24, 2.45) is 5.73 Å². The molecule has 1 atom stereocenters. The van der Waals surface area contributed by atoms with Crippen LogP contribution in [0.3, 0.4) is 0 Å².